The summed E-state index contributed by atoms with van der Waals surface area (Å²) in [5.74, 6) is -1.01. The summed E-state index contributed by atoms with van der Waals surface area (Å²) in [4.78, 5) is 50.0. The lowest BCUT2D eigenvalue weighted by molar-refractivity contribution is -0.134. The van der Waals surface area contributed by atoms with Crippen molar-refractivity contribution in [1.82, 2.24) is 19.2 Å². The highest BCUT2D eigenvalue weighted by Crippen LogP contribution is 2.39. The van der Waals surface area contributed by atoms with E-state index in [1.807, 2.05) is 0 Å². The van der Waals surface area contributed by atoms with Crippen LogP contribution >= 0.6 is 23.2 Å². The predicted octanol–water partition coefficient (Wildman–Crippen LogP) is 4.29. The monoisotopic (exact) mass is 572 g/mol. The van der Waals surface area contributed by atoms with Crippen LogP contribution in [0, 0.1) is 11.7 Å². The molecule has 2 aliphatic heterocycles. The molecule has 3 aromatic rings. The molecule has 5 rings (SSSR count). The van der Waals surface area contributed by atoms with Gasteiger partial charge in [-0.15, -0.1) is 0 Å². The van der Waals surface area contributed by atoms with Crippen molar-refractivity contribution in [2.45, 2.75) is 13.0 Å². The van der Waals surface area contributed by atoms with E-state index in [4.69, 9.17) is 23.2 Å². The number of anilines is 1. The lowest BCUT2D eigenvalue weighted by Gasteiger charge is -2.40. The van der Waals surface area contributed by atoms with Crippen molar-refractivity contribution in [3.05, 3.63) is 80.3 Å². The van der Waals surface area contributed by atoms with Gasteiger partial charge in [-0.25, -0.2) is 18.9 Å². The third-order valence-electron chi connectivity index (χ3n) is 7.13. The molecule has 0 N–H and O–H groups in total. The average Bonchev–Trinajstić information content (AvgIpc) is 3.24. The summed E-state index contributed by atoms with van der Waals surface area (Å²) in [5, 5.41) is 0.630. The van der Waals surface area contributed by atoms with E-state index < -0.39 is 23.6 Å². The number of halogens is 3. The molecule has 0 aliphatic carbocycles. The number of hydrogen-bond donors (Lipinski definition) is 0. The molecule has 2 unspecified atom stereocenters. The van der Waals surface area contributed by atoms with Crippen molar-refractivity contribution in [3.8, 4) is 0 Å². The van der Waals surface area contributed by atoms with Crippen LogP contribution in [-0.4, -0.2) is 77.1 Å². The van der Waals surface area contributed by atoms with Gasteiger partial charge in [0.25, 0.3) is 5.56 Å². The van der Waals surface area contributed by atoms with Gasteiger partial charge in [0.15, 0.2) is 5.82 Å². The quantitative estimate of drug-likeness (QED) is 0.469. The van der Waals surface area contributed by atoms with Gasteiger partial charge in [0.1, 0.15) is 11.7 Å². The van der Waals surface area contributed by atoms with Crippen LogP contribution < -0.4 is 10.5 Å². The number of amides is 2. The van der Waals surface area contributed by atoms with Crippen LogP contribution in [0.15, 0.2) is 58.3 Å². The number of carbonyl (C=O) groups is 2. The molecule has 2 amide bonds. The van der Waals surface area contributed by atoms with Gasteiger partial charge in [-0.2, -0.15) is 4.68 Å². The molecule has 0 saturated carbocycles. The van der Waals surface area contributed by atoms with E-state index in [-0.39, 0.29) is 22.6 Å². The molecule has 0 bridgehead atoms. The third-order valence-corrected chi connectivity index (χ3v) is 7.87. The highest BCUT2D eigenvalue weighted by molar-refractivity contribution is 6.42. The maximum Gasteiger partial charge on any atom is 0.345 e. The van der Waals surface area contributed by atoms with Crippen molar-refractivity contribution in [3.63, 3.8) is 0 Å². The Morgan fingerprint density at radius 3 is 2.26 bits per heavy atom. The molecule has 1 saturated heterocycles. The second-order valence-corrected chi connectivity index (χ2v) is 10.6. The van der Waals surface area contributed by atoms with Crippen molar-refractivity contribution < 1.29 is 14.0 Å². The maximum absolute atomic E-state index is 14.1. The van der Waals surface area contributed by atoms with E-state index in [0.717, 1.165) is 10.4 Å². The lowest BCUT2D eigenvalue weighted by atomic mass is 9.87. The maximum atomic E-state index is 14.1. The summed E-state index contributed by atoms with van der Waals surface area (Å²) in [6.07, 6.45) is 0. The van der Waals surface area contributed by atoms with Crippen molar-refractivity contribution in [2.24, 2.45) is 10.9 Å². The van der Waals surface area contributed by atoms with Gasteiger partial charge < -0.3 is 14.7 Å². The molecular formula is C27H27Cl2FN6O3. The number of fused-ring (bicyclic) bond motifs is 1. The summed E-state index contributed by atoms with van der Waals surface area (Å²) in [6.45, 7) is 3.76. The number of nitrogens with zero attached hydrogens (tertiary/aromatic N) is 6. The molecule has 2 aliphatic rings. The molecular weight excluding hydrogens is 546 g/mol. The molecule has 9 nitrogen and oxygen atoms in total. The molecule has 204 valence electrons. The fourth-order valence-electron chi connectivity index (χ4n) is 5.17. The molecule has 2 aromatic carbocycles. The van der Waals surface area contributed by atoms with Crippen LogP contribution in [0.5, 0.6) is 0 Å². The van der Waals surface area contributed by atoms with E-state index >= 15 is 0 Å². The summed E-state index contributed by atoms with van der Waals surface area (Å²) in [7, 11) is 3.09. The largest absolute Gasteiger partial charge is 0.368 e. The van der Waals surface area contributed by atoms with Crippen molar-refractivity contribution in [1.29, 1.82) is 0 Å². The number of hydrogen-bond acceptors (Lipinski definition) is 5. The Morgan fingerprint density at radius 2 is 1.64 bits per heavy atom. The highest BCUT2D eigenvalue weighted by atomic mass is 35.5. The van der Waals surface area contributed by atoms with E-state index in [1.54, 1.807) is 56.3 Å². The Hall–Kier alpha value is -3.63. The van der Waals surface area contributed by atoms with Crippen LogP contribution in [0.3, 0.4) is 0 Å². The van der Waals surface area contributed by atoms with Crippen LogP contribution in [0.2, 0.25) is 10.0 Å². The number of rotatable bonds is 3. The fraction of sp³-hybridized carbons (Fsp3) is 0.333. The fourth-order valence-corrected chi connectivity index (χ4v) is 5.48. The SMILES string of the molecule is CC1=Nc2cc(=O)n(C(=O)N(C)C)n2C(c2ccc(Cl)c(Cl)c2)C1C(=O)N1CCN(c2ccc(F)cc2)CC1. The van der Waals surface area contributed by atoms with Gasteiger partial charge in [-0.1, -0.05) is 29.3 Å². The third kappa shape index (κ3) is 4.94. The Morgan fingerprint density at radius 1 is 0.974 bits per heavy atom. The minimum absolute atomic E-state index is 0.179. The zero-order valence-electron chi connectivity index (χ0n) is 21.6. The molecule has 1 fully saturated rings. The molecule has 0 radical (unpaired) electrons. The van der Waals surface area contributed by atoms with Crippen molar-refractivity contribution >= 4 is 52.4 Å². The number of benzene rings is 2. The average molecular weight is 573 g/mol. The van der Waals surface area contributed by atoms with E-state index in [9.17, 15) is 18.8 Å². The van der Waals surface area contributed by atoms with Crippen LogP contribution in [-0.2, 0) is 4.79 Å². The number of aromatic nitrogens is 2. The molecule has 39 heavy (non-hydrogen) atoms. The number of carbonyl (C=O) groups excluding carboxylic acids is 2. The zero-order valence-corrected chi connectivity index (χ0v) is 23.2. The van der Waals surface area contributed by atoms with Gasteiger partial charge in [-0.05, 0) is 48.9 Å². The molecule has 1 aromatic heterocycles. The van der Waals surface area contributed by atoms with Gasteiger partial charge in [0.2, 0.25) is 5.91 Å². The smallest absolute Gasteiger partial charge is 0.345 e. The van der Waals surface area contributed by atoms with Gasteiger partial charge in [0.05, 0.1) is 16.1 Å². The molecule has 0 spiro atoms. The Kier molecular flexibility index (Phi) is 7.26. The standard InChI is InChI=1S/C27H27Cl2FN6O3/c1-16-24(26(38)34-12-10-33(11-13-34)19-7-5-18(30)6-8-19)25(17-4-9-20(28)21(29)14-17)35-22(31-16)15-23(37)36(35)27(39)32(2)3/h4-9,14-15,24-25H,10-13H2,1-3H3. The van der Waals surface area contributed by atoms with Gasteiger partial charge in [-0.3, -0.25) is 9.59 Å². The number of aliphatic imine (C=N–C) groups is 1. The molecule has 2 atom stereocenters. The van der Waals surface area contributed by atoms with Crippen LogP contribution in [0.4, 0.5) is 20.7 Å². The van der Waals surface area contributed by atoms with Gasteiger partial charge >= 0.3 is 6.03 Å². The van der Waals surface area contributed by atoms with Crippen LogP contribution in [0.1, 0.15) is 18.5 Å². The first-order valence-electron chi connectivity index (χ1n) is 12.4. The van der Waals surface area contributed by atoms with Gasteiger partial charge in [0, 0.05) is 57.7 Å². The van der Waals surface area contributed by atoms with Crippen LogP contribution in [0.25, 0.3) is 0 Å². The minimum atomic E-state index is -0.805. The van der Waals surface area contributed by atoms with E-state index in [1.165, 1.54) is 27.8 Å². The Balaban J connectivity index is 1.53. The molecule has 3 heterocycles. The summed E-state index contributed by atoms with van der Waals surface area (Å²) in [6, 6.07) is 11.2. The normalized spacial score (nSPS) is 19.0. The Labute approximate surface area is 234 Å². The Bertz CT molecular complexity index is 1520. The highest BCUT2D eigenvalue weighted by Gasteiger charge is 2.42. The first kappa shape index (κ1) is 27.0. The minimum Gasteiger partial charge on any atom is -0.368 e. The van der Waals surface area contributed by atoms with Crippen molar-refractivity contribution in [2.75, 3.05) is 45.2 Å². The summed E-state index contributed by atoms with van der Waals surface area (Å²) in [5.41, 5.74) is 1.47. The second kappa shape index (κ2) is 10.5. The number of piperazine rings is 1. The second-order valence-electron chi connectivity index (χ2n) is 9.81. The summed E-state index contributed by atoms with van der Waals surface area (Å²) < 4.78 is 15.9. The topological polar surface area (TPSA) is 83.1 Å². The summed E-state index contributed by atoms with van der Waals surface area (Å²) >= 11 is 12.6. The first-order valence-corrected chi connectivity index (χ1v) is 13.2. The first-order chi connectivity index (χ1) is 18.6. The zero-order chi connectivity index (χ0) is 28.0. The van der Waals surface area contributed by atoms with E-state index in [0.29, 0.717) is 42.5 Å². The molecule has 12 heteroatoms. The lowest BCUT2D eigenvalue weighted by Crippen LogP contribution is -2.53. The van der Waals surface area contributed by atoms with E-state index in [2.05, 4.69) is 9.89 Å². The predicted molar refractivity (Wildman–Crippen MR) is 149 cm³/mol.